The highest BCUT2D eigenvalue weighted by Crippen LogP contribution is 2.20. The molecule has 152 valence electrons. The number of pyridine rings is 1. The van der Waals surface area contributed by atoms with E-state index < -0.39 is 0 Å². The third kappa shape index (κ3) is 4.20. The normalized spacial score (nSPS) is 10.9. The van der Waals surface area contributed by atoms with Gasteiger partial charge in [-0.3, -0.25) is 4.79 Å². The van der Waals surface area contributed by atoms with E-state index in [4.69, 9.17) is 0 Å². The zero-order valence-corrected chi connectivity index (χ0v) is 17.4. The van der Waals surface area contributed by atoms with Gasteiger partial charge in [0, 0.05) is 35.9 Å². The second-order valence-corrected chi connectivity index (χ2v) is 7.36. The van der Waals surface area contributed by atoms with Crippen LogP contribution in [0.4, 0.5) is 11.4 Å². The summed E-state index contributed by atoms with van der Waals surface area (Å²) in [6.07, 6.45) is 4.70. The summed E-state index contributed by atoms with van der Waals surface area (Å²) in [5.41, 5.74) is 5.82. The van der Waals surface area contributed by atoms with E-state index in [1.165, 1.54) is 10.9 Å². The SMILES string of the molecule is CCN(C(=O)c1ccc(NCCc2c[nH]c3ccccc23)cn1)c1cccc(C)c1. The molecular weight excluding hydrogens is 372 g/mol. The highest BCUT2D eigenvalue weighted by molar-refractivity contribution is 6.04. The van der Waals surface area contributed by atoms with Crippen molar-refractivity contribution >= 4 is 28.2 Å². The van der Waals surface area contributed by atoms with E-state index in [9.17, 15) is 4.79 Å². The molecule has 0 atom stereocenters. The van der Waals surface area contributed by atoms with E-state index in [1.807, 2.05) is 50.2 Å². The van der Waals surface area contributed by atoms with Crippen molar-refractivity contribution in [1.29, 1.82) is 0 Å². The minimum atomic E-state index is -0.0894. The van der Waals surface area contributed by atoms with E-state index in [0.717, 1.165) is 35.4 Å². The third-order valence-corrected chi connectivity index (χ3v) is 5.26. The molecule has 0 saturated carbocycles. The Morgan fingerprint density at radius 2 is 1.97 bits per heavy atom. The third-order valence-electron chi connectivity index (χ3n) is 5.26. The van der Waals surface area contributed by atoms with Gasteiger partial charge in [-0.25, -0.2) is 4.98 Å². The summed E-state index contributed by atoms with van der Waals surface area (Å²) in [5.74, 6) is -0.0894. The number of aryl methyl sites for hydroxylation is 1. The Kier molecular flexibility index (Phi) is 5.80. The van der Waals surface area contributed by atoms with Gasteiger partial charge in [0.2, 0.25) is 0 Å². The Bertz CT molecular complexity index is 1150. The van der Waals surface area contributed by atoms with Crippen LogP contribution in [0, 0.1) is 6.92 Å². The monoisotopic (exact) mass is 398 g/mol. The maximum absolute atomic E-state index is 12.9. The molecule has 4 rings (SSSR count). The number of amides is 1. The highest BCUT2D eigenvalue weighted by atomic mass is 16.2. The lowest BCUT2D eigenvalue weighted by Gasteiger charge is -2.21. The molecule has 0 aliphatic carbocycles. The topological polar surface area (TPSA) is 61.0 Å². The van der Waals surface area contributed by atoms with Crippen LogP contribution in [0.5, 0.6) is 0 Å². The Balaban J connectivity index is 1.39. The van der Waals surface area contributed by atoms with Crippen LogP contribution in [-0.4, -0.2) is 29.0 Å². The summed E-state index contributed by atoms with van der Waals surface area (Å²) in [4.78, 5) is 22.4. The number of fused-ring (bicyclic) bond motifs is 1. The fourth-order valence-electron chi connectivity index (χ4n) is 3.68. The molecule has 1 amide bonds. The van der Waals surface area contributed by atoms with Gasteiger partial charge < -0.3 is 15.2 Å². The molecular formula is C25H26N4O. The van der Waals surface area contributed by atoms with Crippen molar-refractivity contribution in [3.05, 3.63) is 89.9 Å². The van der Waals surface area contributed by atoms with Crippen molar-refractivity contribution < 1.29 is 4.79 Å². The first kappa shape index (κ1) is 19.7. The summed E-state index contributed by atoms with van der Waals surface area (Å²) in [6, 6.07) is 20.0. The quantitative estimate of drug-likeness (QED) is 0.450. The number of hydrogen-bond donors (Lipinski definition) is 2. The number of carbonyl (C=O) groups excluding carboxylic acids is 1. The molecule has 0 bridgehead atoms. The first-order chi connectivity index (χ1) is 14.7. The van der Waals surface area contributed by atoms with E-state index in [2.05, 4.69) is 39.7 Å². The fraction of sp³-hybridized carbons (Fsp3) is 0.200. The average Bonchev–Trinajstić information content (AvgIpc) is 3.18. The summed E-state index contributed by atoms with van der Waals surface area (Å²) in [7, 11) is 0. The van der Waals surface area contributed by atoms with Crippen LogP contribution in [0.15, 0.2) is 73.1 Å². The van der Waals surface area contributed by atoms with Crippen molar-refractivity contribution in [2.75, 3.05) is 23.3 Å². The number of carbonyl (C=O) groups is 1. The number of H-pyrrole nitrogens is 1. The maximum atomic E-state index is 12.9. The standard InChI is InChI=1S/C25H26N4O/c1-3-29(21-8-6-7-18(2)15-21)25(30)24-12-11-20(17-28-24)26-14-13-19-16-27-23-10-5-4-9-22(19)23/h4-12,15-17,26-27H,3,13-14H2,1-2H3. The van der Waals surface area contributed by atoms with Crippen LogP contribution >= 0.6 is 0 Å². The van der Waals surface area contributed by atoms with Gasteiger partial charge in [-0.05, 0) is 61.7 Å². The molecule has 2 heterocycles. The first-order valence-electron chi connectivity index (χ1n) is 10.3. The fourth-order valence-corrected chi connectivity index (χ4v) is 3.68. The van der Waals surface area contributed by atoms with Crippen molar-refractivity contribution in [2.45, 2.75) is 20.3 Å². The Labute approximate surface area is 176 Å². The number of aromatic amines is 1. The Hall–Kier alpha value is -3.60. The number of rotatable bonds is 7. The molecule has 0 saturated heterocycles. The van der Waals surface area contributed by atoms with Crippen LogP contribution < -0.4 is 10.2 Å². The number of aromatic nitrogens is 2. The van der Waals surface area contributed by atoms with Crippen LogP contribution in [0.25, 0.3) is 10.9 Å². The molecule has 0 spiro atoms. The molecule has 0 aliphatic heterocycles. The van der Waals surface area contributed by atoms with Crippen molar-refractivity contribution in [3.8, 4) is 0 Å². The zero-order valence-electron chi connectivity index (χ0n) is 17.4. The summed E-state index contributed by atoms with van der Waals surface area (Å²) in [6.45, 7) is 5.38. The molecule has 2 N–H and O–H groups in total. The van der Waals surface area contributed by atoms with Crippen LogP contribution in [0.1, 0.15) is 28.5 Å². The van der Waals surface area contributed by atoms with E-state index in [1.54, 1.807) is 17.2 Å². The predicted octanol–water partition coefficient (Wildman–Crippen LogP) is 5.19. The second kappa shape index (κ2) is 8.82. The summed E-state index contributed by atoms with van der Waals surface area (Å²) < 4.78 is 0. The molecule has 0 radical (unpaired) electrons. The number of anilines is 2. The molecule has 5 nitrogen and oxygen atoms in total. The lowest BCUT2D eigenvalue weighted by atomic mass is 10.1. The molecule has 2 aromatic carbocycles. The van der Waals surface area contributed by atoms with Gasteiger partial charge in [0.15, 0.2) is 0 Å². The van der Waals surface area contributed by atoms with E-state index >= 15 is 0 Å². The van der Waals surface area contributed by atoms with Crippen molar-refractivity contribution in [3.63, 3.8) is 0 Å². The summed E-state index contributed by atoms with van der Waals surface area (Å²) >= 11 is 0. The van der Waals surface area contributed by atoms with E-state index in [-0.39, 0.29) is 5.91 Å². The summed E-state index contributed by atoms with van der Waals surface area (Å²) in [5, 5.41) is 4.65. The maximum Gasteiger partial charge on any atom is 0.276 e. The first-order valence-corrected chi connectivity index (χ1v) is 10.3. The van der Waals surface area contributed by atoms with Gasteiger partial charge >= 0.3 is 0 Å². The minimum absolute atomic E-state index is 0.0894. The molecule has 4 aromatic rings. The predicted molar refractivity (Wildman–Crippen MR) is 123 cm³/mol. The molecule has 2 aromatic heterocycles. The van der Waals surface area contributed by atoms with Gasteiger partial charge in [0.05, 0.1) is 11.9 Å². The highest BCUT2D eigenvalue weighted by Gasteiger charge is 2.17. The Morgan fingerprint density at radius 3 is 2.73 bits per heavy atom. The number of benzene rings is 2. The minimum Gasteiger partial charge on any atom is -0.383 e. The zero-order chi connectivity index (χ0) is 20.9. The van der Waals surface area contributed by atoms with Gasteiger partial charge in [0.25, 0.3) is 5.91 Å². The smallest absolute Gasteiger partial charge is 0.276 e. The molecule has 30 heavy (non-hydrogen) atoms. The van der Waals surface area contributed by atoms with Crippen LogP contribution in [0.2, 0.25) is 0 Å². The molecule has 0 aliphatic rings. The average molecular weight is 399 g/mol. The molecule has 0 fully saturated rings. The van der Waals surface area contributed by atoms with Gasteiger partial charge in [-0.15, -0.1) is 0 Å². The van der Waals surface area contributed by atoms with Gasteiger partial charge in [-0.2, -0.15) is 0 Å². The molecule has 5 heteroatoms. The number of nitrogens with zero attached hydrogens (tertiary/aromatic N) is 2. The van der Waals surface area contributed by atoms with Crippen LogP contribution in [-0.2, 0) is 6.42 Å². The number of nitrogens with one attached hydrogen (secondary N) is 2. The van der Waals surface area contributed by atoms with Gasteiger partial charge in [-0.1, -0.05) is 30.3 Å². The largest absolute Gasteiger partial charge is 0.383 e. The lowest BCUT2D eigenvalue weighted by molar-refractivity contribution is 0.0983. The number of hydrogen-bond acceptors (Lipinski definition) is 3. The lowest BCUT2D eigenvalue weighted by Crippen LogP contribution is -2.31. The van der Waals surface area contributed by atoms with Crippen LogP contribution in [0.3, 0.4) is 0 Å². The Morgan fingerprint density at radius 1 is 1.10 bits per heavy atom. The van der Waals surface area contributed by atoms with Gasteiger partial charge in [0.1, 0.15) is 5.69 Å². The van der Waals surface area contributed by atoms with Crippen molar-refractivity contribution in [1.82, 2.24) is 9.97 Å². The van der Waals surface area contributed by atoms with Crippen molar-refractivity contribution in [2.24, 2.45) is 0 Å². The second-order valence-electron chi connectivity index (χ2n) is 7.36. The number of para-hydroxylation sites is 1. The van der Waals surface area contributed by atoms with E-state index in [0.29, 0.717) is 12.2 Å². The molecule has 0 unspecified atom stereocenters.